The normalized spacial score (nSPS) is 11.9. The monoisotopic (exact) mass is 270 g/mol. The summed E-state index contributed by atoms with van der Waals surface area (Å²) in [5.74, 6) is -0.0264. The second kappa shape index (κ2) is 5.61. The number of para-hydroxylation sites is 1. The molecule has 1 atom stereocenters. The lowest BCUT2D eigenvalue weighted by Gasteiger charge is -2.18. The fourth-order valence-corrected chi connectivity index (χ4v) is 2.05. The third-order valence-electron chi connectivity index (χ3n) is 3.12. The number of aryl methyl sites for hydroxylation is 1. The number of primary amides is 1. The van der Waals surface area contributed by atoms with Gasteiger partial charge in [-0.05, 0) is 37.6 Å². The Labute approximate surface area is 118 Å². The lowest BCUT2D eigenvalue weighted by atomic mass is 10.1. The highest BCUT2D eigenvalue weighted by molar-refractivity contribution is 5.97. The van der Waals surface area contributed by atoms with Crippen molar-refractivity contribution >= 4 is 17.4 Å². The smallest absolute Gasteiger partial charge is 0.252 e. The Kier molecular flexibility index (Phi) is 3.89. The third kappa shape index (κ3) is 2.88. The van der Waals surface area contributed by atoms with E-state index in [1.54, 1.807) is 12.1 Å². The molecular weight excluding hydrogens is 252 g/mol. The Hall–Kier alpha value is -2.56. The molecule has 2 rings (SSSR count). The number of nitrogens with two attached hydrogens (primary N) is 2. The van der Waals surface area contributed by atoms with Crippen LogP contribution in [0.2, 0.25) is 0 Å². The minimum atomic E-state index is -0.506. The molecule has 0 aliphatic carbocycles. The molecule has 0 saturated carbocycles. The number of rotatable bonds is 4. The van der Waals surface area contributed by atoms with Crippen LogP contribution in [0.5, 0.6) is 0 Å². The first-order valence-electron chi connectivity index (χ1n) is 6.37. The van der Waals surface area contributed by atoms with Crippen molar-refractivity contribution in [2.45, 2.75) is 19.9 Å². The zero-order chi connectivity index (χ0) is 14.7. The van der Waals surface area contributed by atoms with E-state index >= 15 is 0 Å². The van der Waals surface area contributed by atoms with Gasteiger partial charge < -0.3 is 16.8 Å². The van der Waals surface area contributed by atoms with Gasteiger partial charge in [-0.1, -0.05) is 18.2 Å². The van der Waals surface area contributed by atoms with Crippen LogP contribution in [0.4, 0.5) is 11.5 Å². The molecule has 5 nitrogen and oxygen atoms in total. The van der Waals surface area contributed by atoms with Gasteiger partial charge in [0.25, 0.3) is 5.91 Å². The van der Waals surface area contributed by atoms with E-state index in [2.05, 4.69) is 10.3 Å². The number of amides is 1. The Morgan fingerprint density at radius 3 is 2.60 bits per heavy atom. The molecular formula is C15H18N4O. The summed E-state index contributed by atoms with van der Waals surface area (Å²) in [5, 5.41) is 3.20. The molecule has 1 heterocycles. The van der Waals surface area contributed by atoms with Gasteiger partial charge in [-0.2, -0.15) is 0 Å². The van der Waals surface area contributed by atoms with Crippen LogP contribution in [0.25, 0.3) is 0 Å². The van der Waals surface area contributed by atoms with Gasteiger partial charge in [0, 0.05) is 11.4 Å². The summed E-state index contributed by atoms with van der Waals surface area (Å²) in [4.78, 5) is 15.8. The lowest BCUT2D eigenvalue weighted by molar-refractivity contribution is 0.100. The molecule has 1 aromatic heterocycles. The van der Waals surface area contributed by atoms with E-state index in [1.165, 1.54) is 0 Å². The molecule has 0 aliphatic rings. The highest BCUT2D eigenvalue weighted by Gasteiger charge is 2.14. The van der Waals surface area contributed by atoms with Gasteiger partial charge in [0.1, 0.15) is 5.82 Å². The van der Waals surface area contributed by atoms with Gasteiger partial charge in [-0.15, -0.1) is 0 Å². The maximum Gasteiger partial charge on any atom is 0.252 e. The molecule has 0 radical (unpaired) electrons. The summed E-state index contributed by atoms with van der Waals surface area (Å²) in [7, 11) is 0. The predicted octanol–water partition coefficient (Wildman–Crippen LogP) is 2.24. The van der Waals surface area contributed by atoms with Crippen LogP contribution in [-0.4, -0.2) is 10.9 Å². The van der Waals surface area contributed by atoms with Crippen molar-refractivity contribution in [3.63, 3.8) is 0 Å². The van der Waals surface area contributed by atoms with Crippen LogP contribution < -0.4 is 16.8 Å². The van der Waals surface area contributed by atoms with Crippen molar-refractivity contribution in [3.05, 3.63) is 53.2 Å². The van der Waals surface area contributed by atoms with Gasteiger partial charge in [0.05, 0.1) is 11.6 Å². The number of hydrogen-bond acceptors (Lipinski definition) is 4. The number of nitrogens with zero attached hydrogens (tertiary/aromatic N) is 1. The number of carbonyl (C=O) groups excluding carboxylic acids is 1. The van der Waals surface area contributed by atoms with E-state index in [0.717, 1.165) is 11.3 Å². The summed E-state index contributed by atoms with van der Waals surface area (Å²) in [6.45, 7) is 3.82. The van der Waals surface area contributed by atoms with Crippen LogP contribution in [-0.2, 0) is 0 Å². The van der Waals surface area contributed by atoms with Crippen molar-refractivity contribution in [1.29, 1.82) is 0 Å². The summed E-state index contributed by atoms with van der Waals surface area (Å²) in [5.41, 5.74) is 14.1. The van der Waals surface area contributed by atoms with E-state index in [4.69, 9.17) is 11.5 Å². The summed E-state index contributed by atoms with van der Waals surface area (Å²) < 4.78 is 0. The number of hydrogen-bond donors (Lipinski definition) is 3. The van der Waals surface area contributed by atoms with Crippen molar-refractivity contribution < 1.29 is 4.79 Å². The fraction of sp³-hybridized carbons (Fsp3) is 0.200. The van der Waals surface area contributed by atoms with Crippen molar-refractivity contribution in [2.24, 2.45) is 5.73 Å². The molecule has 20 heavy (non-hydrogen) atoms. The Morgan fingerprint density at radius 1 is 1.25 bits per heavy atom. The van der Waals surface area contributed by atoms with E-state index in [1.807, 2.05) is 38.1 Å². The largest absolute Gasteiger partial charge is 0.398 e. The molecule has 5 N–H and O–H groups in total. The summed E-state index contributed by atoms with van der Waals surface area (Å²) in [6, 6.07) is 10.9. The Balaban J connectivity index is 2.32. The van der Waals surface area contributed by atoms with E-state index in [0.29, 0.717) is 17.1 Å². The molecule has 1 unspecified atom stereocenters. The fourth-order valence-electron chi connectivity index (χ4n) is 2.05. The van der Waals surface area contributed by atoms with Crippen molar-refractivity contribution in [2.75, 3.05) is 11.1 Å². The van der Waals surface area contributed by atoms with Crippen LogP contribution in [0, 0.1) is 6.92 Å². The van der Waals surface area contributed by atoms with E-state index in [-0.39, 0.29) is 6.04 Å². The first kappa shape index (κ1) is 13.9. The second-order valence-electron chi connectivity index (χ2n) is 4.71. The van der Waals surface area contributed by atoms with Crippen LogP contribution >= 0.6 is 0 Å². The number of anilines is 2. The summed E-state index contributed by atoms with van der Waals surface area (Å²) >= 11 is 0. The highest BCUT2D eigenvalue weighted by Crippen LogP contribution is 2.24. The number of nitrogens with one attached hydrogen (secondary N) is 1. The van der Waals surface area contributed by atoms with Gasteiger partial charge in [0.15, 0.2) is 0 Å². The van der Waals surface area contributed by atoms with Crippen molar-refractivity contribution in [3.8, 4) is 0 Å². The Morgan fingerprint density at radius 2 is 1.95 bits per heavy atom. The maximum absolute atomic E-state index is 11.4. The highest BCUT2D eigenvalue weighted by atomic mass is 16.1. The Bertz CT molecular complexity index is 640. The number of pyridine rings is 1. The zero-order valence-electron chi connectivity index (χ0n) is 11.6. The number of benzene rings is 1. The first-order chi connectivity index (χ1) is 9.49. The first-order valence-corrected chi connectivity index (χ1v) is 6.37. The number of carbonyl (C=O) groups is 1. The van der Waals surface area contributed by atoms with E-state index < -0.39 is 5.91 Å². The molecule has 0 spiro atoms. The van der Waals surface area contributed by atoms with Gasteiger partial charge in [0.2, 0.25) is 0 Å². The molecule has 0 bridgehead atoms. The minimum absolute atomic E-state index is 0.0800. The van der Waals surface area contributed by atoms with Crippen LogP contribution in [0.3, 0.4) is 0 Å². The van der Waals surface area contributed by atoms with Crippen molar-refractivity contribution in [1.82, 2.24) is 4.98 Å². The lowest BCUT2D eigenvalue weighted by Crippen LogP contribution is -2.18. The average Bonchev–Trinajstić information content (AvgIpc) is 2.38. The topological polar surface area (TPSA) is 94.0 Å². The third-order valence-corrected chi connectivity index (χ3v) is 3.12. The molecule has 0 aliphatic heterocycles. The molecule has 1 amide bonds. The number of aromatic nitrogens is 1. The van der Waals surface area contributed by atoms with Gasteiger partial charge in [-0.25, -0.2) is 4.98 Å². The summed E-state index contributed by atoms with van der Waals surface area (Å²) in [6.07, 6.45) is 0. The molecule has 1 aromatic carbocycles. The zero-order valence-corrected chi connectivity index (χ0v) is 11.6. The second-order valence-corrected chi connectivity index (χ2v) is 4.71. The molecule has 104 valence electrons. The molecule has 0 saturated heterocycles. The van der Waals surface area contributed by atoms with Crippen LogP contribution in [0.15, 0.2) is 36.4 Å². The SMILES string of the molecule is Cc1ccc(C(N)=O)c(NC(C)c2ccccc2N)n1. The molecule has 0 fully saturated rings. The van der Waals surface area contributed by atoms with E-state index in [9.17, 15) is 4.79 Å². The van der Waals surface area contributed by atoms with Gasteiger partial charge >= 0.3 is 0 Å². The van der Waals surface area contributed by atoms with Gasteiger partial charge in [-0.3, -0.25) is 4.79 Å². The molecule has 2 aromatic rings. The standard InChI is InChI=1S/C15H18N4O/c1-9-7-8-12(14(17)20)15(18-9)19-10(2)11-5-3-4-6-13(11)16/h3-8,10H,16H2,1-2H3,(H2,17,20)(H,18,19). The molecule has 5 heteroatoms. The predicted molar refractivity (Wildman–Crippen MR) is 80.4 cm³/mol. The quantitative estimate of drug-likeness (QED) is 0.743. The number of nitrogen functional groups attached to an aromatic ring is 1. The minimum Gasteiger partial charge on any atom is -0.398 e. The average molecular weight is 270 g/mol. The maximum atomic E-state index is 11.4. The van der Waals surface area contributed by atoms with Crippen LogP contribution in [0.1, 0.15) is 34.6 Å².